The minimum absolute atomic E-state index is 0.0124. The molecule has 102 valence electrons. The number of hydrogen-bond acceptors (Lipinski definition) is 2. The Morgan fingerprint density at radius 2 is 2.05 bits per heavy atom. The molecule has 1 aromatic carbocycles. The van der Waals surface area contributed by atoms with Gasteiger partial charge in [-0.25, -0.2) is 4.79 Å². The van der Waals surface area contributed by atoms with Crippen LogP contribution in [0.4, 0.5) is 13.2 Å². The van der Waals surface area contributed by atoms with Gasteiger partial charge in [0.05, 0.1) is 16.1 Å². The van der Waals surface area contributed by atoms with E-state index in [9.17, 15) is 18.0 Å². The topological polar surface area (TPSA) is 51.5 Å². The zero-order valence-electron chi connectivity index (χ0n) is 9.45. The van der Waals surface area contributed by atoms with E-state index >= 15 is 0 Å². The summed E-state index contributed by atoms with van der Waals surface area (Å²) < 4.78 is 41.8. The fourth-order valence-corrected chi connectivity index (χ4v) is 2.09. The highest BCUT2D eigenvalue weighted by Gasteiger charge is 2.33. The first kappa shape index (κ1) is 13.5. The molecule has 0 amide bonds. The van der Waals surface area contributed by atoms with Gasteiger partial charge in [-0.1, -0.05) is 11.6 Å². The van der Waals surface area contributed by atoms with Gasteiger partial charge in [0, 0.05) is 18.6 Å². The highest BCUT2D eigenvalue weighted by atomic mass is 35.5. The molecule has 8 heteroatoms. The van der Waals surface area contributed by atoms with E-state index in [1.54, 1.807) is 7.05 Å². The third kappa shape index (κ3) is 2.46. The maximum atomic E-state index is 12.2. The summed E-state index contributed by atoms with van der Waals surface area (Å²) in [7, 11) is 1.56. The molecule has 0 aliphatic carbocycles. The molecule has 0 saturated carbocycles. The Labute approximate surface area is 109 Å². The van der Waals surface area contributed by atoms with Crippen LogP contribution in [-0.2, 0) is 7.05 Å². The third-order valence-electron chi connectivity index (χ3n) is 2.51. The van der Waals surface area contributed by atoms with Crippen LogP contribution >= 0.6 is 11.6 Å². The Balaban J connectivity index is 2.69. The van der Waals surface area contributed by atoms with Gasteiger partial charge in [-0.05, 0) is 12.1 Å². The largest absolute Gasteiger partial charge is 0.573 e. The Morgan fingerprint density at radius 1 is 1.42 bits per heavy atom. The van der Waals surface area contributed by atoms with Crippen molar-refractivity contribution in [2.45, 2.75) is 6.36 Å². The van der Waals surface area contributed by atoms with Gasteiger partial charge in [0.15, 0.2) is 0 Å². The molecule has 1 aromatic heterocycles. The van der Waals surface area contributed by atoms with E-state index in [1.807, 2.05) is 0 Å². The van der Waals surface area contributed by atoms with Crippen molar-refractivity contribution in [2.24, 2.45) is 7.05 Å². The summed E-state index contributed by atoms with van der Waals surface area (Å²) in [6.07, 6.45) is -3.62. The molecule has 0 radical (unpaired) electrons. The standard InChI is InChI=1S/C11H7ClF3NO3/c1-16-4-5(10(17)18)8-6(16)2-3-7(9(8)12)19-11(13,14)15/h2-4H,1H3,(H,17,18). The lowest BCUT2D eigenvalue weighted by Crippen LogP contribution is -2.17. The molecule has 0 unspecified atom stereocenters. The summed E-state index contributed by atoms with van der Waals surface area (Å²) in [4.78, 5) is 11.0. The SMILES string of the molecule is Cn1cc(C(=O)O)c2c(Cl)c(OC(F)(F)F)ccc21. The van der Waals surface area contributed by atoms with Gasteiger partial charge in [-0.15, -0.1) is 13.2 Å². The van der Waals surface area contributed by atoms with Crippen molar-refractivity contribution in [3.63, 3.8) is 0 Å². The molecular weight excluding hydrogens is 287 g/mol. The van der Waals surface area contributed by atoms with Gasteiger partial charge >= 0.3 is 12.3 Å². The van der Waals surface area contributed by atoms with E-state index in [-0.39, 0.29) is 16.0 Å². The zero-order valence-corrected chi connectivity index (χ0v) is 10.2. The molecule has 2 aromatic rings. The van der Waals surface area contributed by atoms with Gasteiger partial charge in [0.25, 0.3) is 0 Å². The summed E-state index contributed by atoms with van der Waals surface area (Å²) in [5.74, 6) is -1.91. The fourth-order valence-electron chi connectivity index (χ4n) is 1.79. The average molecular weight is 294 g/mol. The molecule has 0 aliphatic rings. The van der Waals surface area contributed by atoms with Crippen LogP contribution in [0.25, 0.3) is 10.9 Å². The van der Waals surface area contributed by atoms with Crippen LogP contribution in [0, 0.1) is 0 Å². The molecule has 1 N–H and O–H groups in total. The van der Waals surface area contributed by atoms with Crippen molar-refractivity contribution in [1.29, 1.82) is 0 Å². The number of aryl methyl sites for hydroxylation is 1. The second-order valence-electron chi connectivity index (χ2n) is 3.78. The van der Waals surface area contributed by atoms with Crippen LogP contribution in [0.15, 0.2) is 18.3 Å². The number of carboxylic acids is 1. The third-order valence-corrected chi connectivity index (χ3v) is 2.89. The predicted molar refractivity (Wildman–Crippen MR) is 61.6 cm³/mol. The number of carbonyl (C=O) groups is 1. The van der Waals surface area contributed by atoms with Crippen LogP contribution in [0.2, 0.25) is 5.02 Å². The summed E-state index contributed by atoms with van der Waals surface area (Å²) in [6, 6.07) is 2.36. The fraction of sp³-hybridized carbons (Fsp3) is 0.182. The number of rotatable bonds is 2. The molecule has 0 spiro atoms. The van der Waals surface area contributed by atoms with Gasteiger partial charge in [0.1, 0.15) is 5.75 Å². The average Bonchev–Trinajstić information content (AvgIpc) is 2.59. The van der Waals surface area contributed by atoms with Gasteiger partial charge in [-0.3, -0.25) is 0 Å². The lowest BCUT2D eigenvalue weighted by Gasteiger charge is -2.11. The first-order valence-electron chi connectivity index (χ1n) is 4.97. The van der Waals surface area contributed by atoms with Gasteiger partial charge in [-0.2, -0.15) is 0 Å². The first-order chi connectivity index (χ1) is 8.70. The molecular formula is C11H7ClF3NO3. The summed E-state index contributed by atoms with van der Waals surface area (Å²) in [6.45, 7) is 0. The van der Waals surface area contributed by atoms with Crippen molar-refractivity contribution in [1.82, 2.24) is 4.57 Å². The number of nitrogens with zero attached hydrogens (tertiary/aromatic N) is 1. The van der Waals surface area contributed by atoms with Crippen LogP contribution in [0.5, 0.6) is 5.75 Å². The van der Waals surface area contributed by atoms with Crippen molar-refractivity contribution in [2.75, 3.05) is 0 Å². The van der Waals surface area contributed by atoms with E-state index in [0.717, 1.165) is 6.07 Å². The minimum Gasteiger partial charge on any atom is -0.478 e. The Hall–Kier alpha value is -1.89. The van der Waals surface area contributed by atoms with Gasteiger partial charge < -0.3 is 14.4 Å². The Bertz CT molecular complexity index is 663. The summed E-state index contributed by atoms with van der Waals surface area (Å²) >= 11 is 5.81. The first-order valence-corrected chi connectivity index (χ1v) is 5.35. The molecule has 0 atom stereocenters. The van der Waals surface area contributed by atoms with E-state index in [0.29, 0.717) is 5.52 Å². The van der Waals surface area contributed by atoms with Crippen molar-refractivity contribution < 1.29 is 27.8 Å². The van der Waals surface area contributed by atoms with Gasteiger partial charge in [0.2, 0.25) is 0 Å². The summed E-state index contributed by atoms with van der Waals surface area (Å²) in [5.41, 5.74) is 0.215. The number of halogens is 4. The lowest BCUT2D eigenvalue weighted by atomic mass is 10.1. The molecule has 0 fully saturated rings. The van der Waals surface area contributed by atoms with Crippen molar-refractivity contribution in [3.8, 4) is 5.75 Å². The highest BCUT2D eigenvalue weighted by molar-refractivity contribution is 6.38. The van der Waals surface area contributed by atoms with E-state index < -0.39 is 18.1 Å². The number of ether oxygens (including phenoxy) is 1. The van der Waals surface area contributed by atoms with E-state index in [4.69, 9.17) is 16.7 Å². The molecule has 2 rings (SSSR count). The number of aromatic carboxylic acids is 1. The summed E-state index contributed by atoms with van der Waals surface area (Å²) in [5, 5.41) is 8.64. The number of benzene rings is 1. The quantitative estimate of drug-likeness (QED) is 0.923. The number of fused-ring (bicyclic) bond motifs is 1. The molecule has 4 nitrogen and oxygen atoms in total. The number of hydrogen-bond donors (Lipinski definition) is 1. The minimum atomic E-state index is -4.89. The Morgan fingerprint density at radius 3 is 2.58 bits per heavy atom. The van der Waals surface area contributed by atoms with Crippen molar-refractivity contribution >= 4 is 28.5 Å². The van der Waals surface area contributed by atoms with Crippen LogP contribution in [-0.4, -0.2) is 22.0 Å². The van der Waals surface area contributed by atoms with E-state index in [2.05, 4.69) is 4.74 Å². The monoisotopic (exact) mass is 293 g/mol. The molecule has 19 heavy (non-hydrogen) atoms. The second kappa shape index (κ2) is 4.34. The second-order valence-corrected chi connectivity index (χ2v) is 4.16. The van der Waals surface area contributed by atoms with Crippen LogP contribution in [0.1, 0.15) is 10.4 Å². The molecule has 1 heterocycles. The molecule has 0 saturated heterocycles. The highest BCUT2D eigenvalue weighted by Crippen LogP contribution is 2.38. The normalized spacial score (nSPS) is 11.8. The molecule has 0 aliphatic heterocycles. The predicted octanol–water partition coefficient (Wildman–Crippen LogP) is 3.43. The number of aromatic nitrogens is 1. The lowest BCUT2D eigenvalue weighted by molar-refractivity contribution is -0.274. The Kier molecular flexibility index (Phi) is 3.09. The van der Waals surface area contributed by atoms with E-state index in [1.165, 1.54) is 16.8 Å². The maximum Gasteiger partial charge on any atom is 0.573 e. The molecule has 0 bridgehead atoms. The smallest absolute Gasteiger partial charge is 0.478 e. The zero-order chi connectivity index (χ0) is 14.4. The maximum absolute atomic E-state index is 12.2. The van der Waals surface area contributed by atoms with Crippen molar-refractivity contribution in [3.05, 3.63) is 28.9 Å². The van der Waals surface area contributed by atoms with Crippen LogP contribution < -0.4 is 4.74 Å². The number of alkyl halides is 3. The number of carboxylic acid groups (broad SMARTS) is 1. The van der Waals surface area contributed by atoms with Crippen LogP contribution in [0.3, 0.4) is 0 Å².